The van der Waals surface area contributed by atoms with Crippen LogP contribution in [0.3, 0.4) is 0 Å². The fraction of sp³-hybridized carbons (Fsp3) is 0.385. The van der Waals surface area contributed by atoms with E-state index in [1.165, 1.54) is 0 Å². The summed E-state index contributed by atoms with van der Waals surface area (Å²) in [6.45, 7) is 0.892. The number of carboxylic acids is 1. The van der Waals surface area contributed by atoms with Gasteiger partial charge in [-0.2, -0.15) is 0 Å². The molecule has 92 valence electrons. The van der Waals surface area contributed by atoms with Gasteiger partial charge in [0.2, 0.25) is 0 Å². The highest BCUT2D eigenvalue weighted by molar-refractivity contribution is 6.12. The van der Waals surface area contributed by atoms with Crippen LogP contribution < -0.4 is 10.9 Å². The molecule has 5 heteroatoms. The number of nitrogens with one attached hydrogen (secondary N) is 2. The van der Waals surface area contributed by atoms with E-state index in [1.807, 2.05) is 12.1 Å². The molecule has 1 saturated heterocycles. The molecule has 2 bridgehead atoms. The monoisotopic (exact) mass is 243 g/mol. The number of rotatable bonds is 1. The lowest BCUT2D eigenvalue weighted by Crippen LogP contribution is -2.35. The Morgan fingerprint density at radius 1 is 1.44 bits per heavy atom. The van der Waals surface area contributed by atoms with E-state index >= 15 is 0 Å². The Kier molecular flexibility index (Phi) is 1.93. The van der Waals surface area contributed by atoms with Crippen LogP contribution in [0.2, 0.25) is 0 Å². The van der Waals surface area contributed by atoms with Crippen LogP contribution >= 0.6 is 0 Å². The Hall–Kier alpha value is -1.72. The smallest absolute Gasteiger partial charge is 0.336 e. The molecule has 3 heterocycles. The van der Waals surface area contributed by atoms with Crippen molar-refractivity contribution in [1.82, 2.24) is 10.9 Å². The second kappa shape index (κ2) is 3.40. The Balaban J connectivity index is 1.90. The van der Waals surface area contributed by atoms with Crippen molar-refractivity contribution in [3.63, 3.8) is 0 Å². The lowest BCUT2D eigenvalue weighted by atomic mass is 9.88. The van der Waals surface area contributed by atoms with Gasteiger partial charge in [0, 0.05) is 36.2 Å². The quantitative estimate of drug-likeness (QED) is 0.679. The Bertz CT molecular complexity index is 582. The van der Waals surface area contributed by atoms with Crippen molar-refractivity contribution in [2.24, 2.45) is 10.9 Å². The summed E-state index contributed by atoms with van der Waals surface area (Å²) in [6.07, 6.45) is 0.811. The summed E-state index contributed by atoms with van der Waals surface area (Å²) in [4.78, 5) is 16.0. The van der Waals surface area contributed by atoms with Crippen LogP contribution in [0.15, 0.2) is 23.2 Å². The Morgan fingerprint density at radius 3 is 3.17 bits per heavy atom. The average molecular weight is 243 g/mol. The second-order valence-corrected chi connectivity index (χ2v) is 5.10. The van der Waals surface area contributed by atoms with Gasteiger partial charge < -0.3 is 5.11 Å². The lowest BCUT2D eigenvalue weighted by molar-refractivity contribution is 0.0696. The minimum atomic E-state index is -0.863. The van der Waals surface area contributed by atoms with Gasteiger partial charge in [0.05, 0.1) is 11.6 Å². The van der Waals surface area contributed by atoms with Crippen LogP contribution in [-0.4, -0.2) is 29.4 Å². The molecule has 1 fully saturated rings. The van der Waals surface area contributed by atoms with Crippen LogP contribution in [0, 0.1) is 5.92 Å². The van der Waals surface area contributed by atoms with Crippen LogP contribution in [0.4, 0.5) is 0 Å². The minimum absolute atomic E-state index is 0.121. The molecule has 0 aromatic heterocycles. The molecule has 0 amide bonds. The Labute approximate surface area is 104 Å². The molecule has 3 aliphatic rings. The van der Waals surface area contributed by atoms with E-state index in [1.54, 1.807) is 6.07 Å². The molecule has 0 radical (unpaired) electrons. The highest BCUT2D eigenvalue weighted by Crippen LogP contribution is 2.44. The summed E-state index contributed by atoms with van der Waals surface area (Å²) in [6, 6.07) is 6.01. The first kappa shape index (κ1) is 10.2. The molecule has 3 unspecified atom stereocenters. The summed E-state index contributed by atoms with van der Waals surface area (Å²) in [5, 5.41) is 9.29. The van der Waals surface area contributed by atoms with Crippen molar-refractivity contribution in [2.75, 3.05) is 6.54 Å². The van der Waals surface area contributed by atoms with Gasteiger partial charge in [-0.15, -0.1) is 0 Å². The molecule has 3 aliphatic heterocycles. The van der Waals surface area contributed by atoms with Gasteiger partial charge in [-0.3, -0.25) is 15.8 Å². The van der Waals surface area contributed by atoms with Crippen molar-refractivity contribution < 1.29 is 9.90 Å². The molecule has 1 aromatic rings. The highest BCUT2D eigenvalue weighted by Gasteiger charge is 2.45. The predicted molar refractivity (Wildman–Crippen MR) is 65.7 cm³/mol. The van der Waals surface area contributed by atoms with E-state index < -0.39 is 5.97 Å². The topological polar surface area (TPSA) is 73.7 Å². The molecule has 0 spiro atoms. The van der Waals surface area contributed by atoms with Gasteiger partial charge in [-0.25, -0.2) is 4.79 Å². The zero-order chi connectivity index (χ0) is 12.3. The summed E-state index contributed by atoms with van der Waals surface area (Å²) >= 11 is 0. The highest BCUT2D eigenvalue weighted by atomic mass is 16.4. The maximum absolute atomic E-state index is 11.3. The number of fused-ring (bicyclic) bond motifs is 6. The first-order valence-corrected chi connectivity index (χ1v) is 6.17. The molecule has 4 rings (SSSR count). The molecule has 3 atom stereocenters. The Morgan fingerprint density at radius 2 is 2.33 bits per heavy atom. The zero-order valence-corrected chi connectivity index (χ0v) is 9.68. The lowest BCUT2D eigenvalue weighted by Gasteiger charge is -2.24. The molecular weight excluding hydrogens is 230 g/mol. The average Bonchev–Trinajstić information content (AvgIpc) is 2.94. The molecule has 0 saturated carbocycles. The number of nitrogens with zero attached hydrogens (tertiary/aromatic N) is 1. The normalized spacial score (nSPS) is 31.8. The summed E-state index contributed by atoms with van der Waals surface area (Å²) in [5.74, 6) is -0.433. The zero-order valence-electron chi connectivity index (χ0n) is 9.68. The largest absolute Gasteiger partial charge is 0.478 e. The van der Waals surface area contributed by atoms with Gasteiger partial charge >= 0.3 is 5.97 Å². The summed E-state index contributed by atoms with van der Waals surface area (Å²) < 4.78 is 0. The van der Waals surface area contributed by atoms with Crippen molar-refractivity contribution in [3.8, 4) is 0 Å². The van der Waals surface area contributed by atoms with E-state index in [9.17, 15) is 9.90 Å². The number of carbonyl (C=O) groups is 1. The minimum Gasteiger partial charge on any atom is -0.478 e. The van der Waals surface area contributed by atoms with Crippen LogP contribution in [0.25, 0.3) is 0 Å². The fourth-order valence-corrected chi connectivity index (χ4v) is 3.40. The van der Waals surface area contributed by atoms with E-state index in [2.05, 4.69) is 10.9 Å². The standard InChI is InChI=1S/C13H13N3O2/c17-13(18)7-3-1-2-6-11(7)10-4-9-8(5-14-16-9)12(6)15-10/h1-3,8-9,12,14,16H,4-5H2,(H,17,18). The van der Waals surface area contributed by atoms with E-state index in [4.69, 9.17) is 4.99 Å². The maximum Gasteiger partial charge on any atom is 0.336 e. The molecule has 3 N–H and O–H groups in total. The molecule has 18 heavy (non-hydrogen) atoms. The van der Waals surface area contributed by atoms with E-state index in [0.29, 0.717) is 17.5 Å². The van der Waals surface area contributed by atoms with Crippen LogP contribution in [-0.2, 0) is 0 Å². The number of carboxylic acid groups (broad SMARTS) is 1. The van der Waals surface area contributed by atoms with Crippen molar-refractivity contribution in [2.45, 2.75) is 18.5 Å². The van der Waals surface area contributed by atoms with Crippen molar-refractivity contribution in [1.29, 1.82) is 0 Å². The number of benzene rings is 1. The number of hydrogen-bond donors (Lipinski definition) is 3. The van der Waals surface area contributed by atoms with Gasteiger partial charge in [0.25, 0.3) is 0 Å². The predicted octanol–water partition coefficient (Wildman–Crippen LogP) is 0.725. The SMILES string of the molecule is O=C(O)c1cccc2c1C1=NC2C2CNNC2C1. The van der Waals surface area contributed by atoms with Gasteiger partial charge in [-0.05, 0) is 11.6 Å². The molecular formula is C13H13N3O2. The third kappa shape index (κ3) is 1.18. The third-order valence-electron chi connectivity index (χ3n) is 4.19. The van der Waals surface area contributed by atoms with E-state index in [-0.39, 0.29) is 6.04 Å². The van der Waals surface area contributed by atoms with Crippen molar-refractivity contribution in [3.05, 3.63) is 34.9 Å². The first-order chi connectivity index (χ1) is 8.75. The first-order valence-electron chi connectivity index (χ1n) is 6.17. The van der Waals surface area contributed by atoms with Crippen molar-refractivity contribution >= 4 is 11.7 Å². The number of aromatic carboxylic acids is 1. The van der Waals surface area contributed by atoms with Crippen LogP contribution in [0.5, 0.6) is 0 Å². The summed E-state index contributed by atoms with van der Waals surface area (Å²) in [7, 11) is 0. The molecule has 5 nitrogen and oxygen atoms in total. The number of hydrogen-bond acceptors (Lipinski definition) is 4. The number of aliphatic imine (C=N–C) groups is 1. The summed E-state index contributed by atoms with van der Waals surface area (Å²) in [5.41, 5.74) is 9.74. The molecule has 1 aromatic carbocycles. The number of hydrazine groups is 1. The third-order valence-corrected chi connectivity index (χ3v) is 4.19. The van der Waals surface area contributed by atoms with Gasteiger partial charge in [-0.1, -0.05) is 12.1 Å². The maximum atomic E-state index is 11.3. The molecule has 0 aliphatic carbocycles. The van der Waals surface area contributed by atoms with Gasteiger partial charge in [0.1, 0.15) is 0 Å². The second-order valence-electron chi connectivity index (χ2n) is 5.10. The van der Waals surface area contributed by atoms with Gasteiger partial charge in [0.15, 0.2) is 0 Å². The van der Waals surface area contributed by atoms with E-state index in [0.717, 1.165) is 29.8 Å². The van der Waals surface area contributed by atoms with Crippen LogP contribution in [0.1, 0.15) is 33.9 Å². The fourth-order valence-electron chi connectivity index (χ4n) is 3.40.